The van der Waals surface area contributed by atoms with E-state index in [1.165, 1.54) is 4.31 Å². The van der Waals surface area contributed by atoms with Crippen molar-refractivity contribution < 1.29 is 18.3 Å². The Hall–Kier alpha value is -0.170. The lowest BCUT2D eigenvalue weighted by Gasteiger charge is -2.20. The van der Waals surface area contributed by atoms with Crippen molar-refractivity contribution in [3.8, 4) is 0 Å². The third-order valence-electron chi connectivity index (χ3n) is 2.77. The summed E-state index contributed by atoms with van der Waals surface area (Å²) in [7, 11) is -1.58. The molecule has 1 heterocycles. The van der Waals surface area contributed by atoms with Crippen LogP contribution in [0.4, 0.5) is 0 Å². The molecule has 5 nitrogen and oxygen atoms in total. The van der Waals surface area contributed by atoms with Gasteiger partial charge in [0.2, 0.25) is 10.0 Å². The number of hydrogen-bond donors (Lipinski definition) is 1. The van der Waals surface area contributed by atoms with Gasteiger partial charge in [0.05, 0.1) is 11.9 Å². The fraction of sp³-hybridized carbons (Fsp3) is 1.00. The zero-order chi connectivity index (χ0) is 12.0. The Morgan fingerprint density at radius 3 is 2.75 bits per heavy atom. The Kier molecular flexibility index (Phi) is 5.68. The first-order valence-electron chi connectivity index (χ1n) is 5.73. The predicted molar refractivity (Wildman–Crippen MR) is 61.7 cm³/mol. The number of unbranched alkanes of at least 4 members (excludes halogenated alkanes) is 1. The largest absolute Gasteiger partial charge is 0.396 e. The van der Waals surface area contributed by atoms with Crippen molar-refractivity contribution in [2.45, 2.75) is 31.8 Å². The lowest BCUT2D eigenvalue weighted by molar-refractivity contribution is 0.0978. The quantitative estimate of drug-likeness (QED) is 0.656. The summed E-state index contributed by atoms with van der Waals surface area (Å²) in [6.45, 7) is 1.23. The first-order chi connectivity index (χ1) is 7.56. The second-order valence-electron chi connectivity index (χ2n) is 4.16. The highest BCUT2D eigenvalue weighted by molar-refractivity contribution is 7.89. The molecule has 1 N–H and O–H groups in total. The molecule has 0 radical (unpaired) electrons. The lowest BCUT2D eigenvalue weighted by Crippen LogP contribution is -2.35. The molecule has 0 aromatic heterocycles. The van der Waals surface area contributed by atoms with Crippen LogP contribution in [0.15, 0.2) is 0 Å². The molecule has 1 fully saturated rings. The Morgan fingerprint density at radius 2 is 2.19 bits per heavy atom. The molecule has 1 aliphatic heterocycles. The SMILES string of the molecule is CN(CC1CCCO1)S(=O)(=O)CCCCO. The lowest BCUT2D eigenvalue weighted by atomic mass is 10.2. The monoisotopic (exact) mass is 251 g/mol. The Labute approximate surface area is 97.4 Å². The number of sulfonamides is 1. The van der Waals surface area contributed by atoms with Crippen molar-refractivity contribution in [1.82, 2.24) is 4.31 Å². The molecule has 16 heavy (non-hydrogen) atoms. The number of hydrogen-bond acceptors (Lipinski definition) is 4. The number of likely N-dealkylation sites (N-methyl/N-ethyl adjacent to an activating group) is 1. The minimum atomic E-state index is -3.18. The highest BCUT2D eigenvalue weighted by Crippen LogP contribution is 2.14. The molecule has 1 unspecified atom stereocenters. The molecule has 1 aliphatic rings. The van der Waals surface area contributed by atoms with E-state index in [1.54, 1.807) is 7.05 Å². The summed E-state index contributed by atoms with van der Waals surface area (Å²) in [4.78, 5) is 0. The number of nitrogens with zero attached hydrogens (tertiary/aromatic N) is 1. The van der Waals surface area contributed by atoms with E-state index in [4.69, 9.17) is 9.84 Å². The van der Waals surface area contributed by atoms with E-state index < -0.39 is 10.0 Å². The van der Waals surface area contributed by atoms with Gasteiger partial charge in [-0.2, -0.15) is 0 Å². The Bertz CT molecular complexity index is 285. The van der Waals surface area contributed by atoms with Gasteiger partial charge in [0.15, 0.2) is 0 Å². The Morgan fingerprint density at radius 1 is 1.44 bits per heavy atom. The number of aliphatic hydroxyl groups excluding tert-OH is 1. The average molecular weight is 251 g/mol. The van der Waals surface area contributed by atoms with E-state index in [9.17, 15) is 8.42 Å². The molecule has 0 aliphatic carbocycles. The molecule has 1 atom stereocenters. The van der Waals surface area contributed by atoms with Gasteiger partial charge in [0.1, 0.15) is 0 Å². The molecule has 0 amide bonds. The zero-order valence-corrected chi connectivity index (χ0v) is 10.6. The van der Waals surface area contributed by atoms with E-state index >= 15 is 0 Å². The Balaban J connectivity index is 2.35. The van der Waals surface area contributed by atoms with Gasteiger partial charge < -0.3 is 9.84 Å². The first kappa shape index (κ1) is 13.9. The maximum atomic E-state index is 11.8. The molecule has 0 saturated carbocycles. The molecule has 6 heteroatoms. The normalized spacial score (nSPS) is 21.8. The van der Waals surface area contributed by atoms with Crippen molar-refractivity contribution in [3.63, 3.8) is 0 Å². The minimum absolute atomic E-state index is 0.0466. The predicted octanol–water partition coefficient (Wildman–Crippen LogP) is 0.200. The van der Waals surface area contributed by atoms with Crippen LogP contribution in [0.5, 0.6) is 0 Å². The highest BCUT2D eigenvalue weighted by Gasteiger charge is 2.23. The number of ether oxygens (including phenoxy) is 1. The maximum Gasteiger partial charge on any atom is 0.213 e. The van der Waals surface area contributed by atoms with Gasteiger partial charge >= 0.3 is 0 Å². The van der Waals surface area contributed by atoms with Gasteiger partial charge in [-0.25, -0.2) is 12.7 Å². The minimum Gasteiger partial charge on any atom is -0.396 e. The van der Waals surface area contributed by atoms with Crippen molar-refractivity contribution in [2.75, 3.05) is 32.6 Å². The van der Waals surface area contributed by atoms with Crippen LogP contribution < -0.4 is 0 Å². The van der Waals surface area contributed by atoms with Gasteiger partial charge in [-0.15, -0.1) is 0 Å². The first-order valence-corrected chi connectivity index (χ1v) is 7.33. The second kappa shape index (κ2) is 6.54. The van der Waals surface area contributed by atoms with Crippen LogP contribution >= 0.6 is 0 Å². The average Bonchev–Trinajstić information content (AvgIpc) is 2.70. The second-order valence-corrected chi connectivity index (χ2v) is 6.36. The topological polar surface area (TPSA) is 66.8 Å². The van der Waals surface area contributed by atoms with Crippen LogP contribution in [0.2, 0.25) is 0 Å². The summed E-state index contributed by atoms with van der Waals surface area (Å²) in [5.74, 6) is 0.108. The smallest absolute Gasteiger partial charge is 0.213 e. The molecule has 0 bridgehead atoms. The molecular weight excluding hydrogens is 230 g/mol. The summed E-state index contributed by atoms with van der Waals surface area (Å²) < 4.78 is 30.3. The number of rotatable bonds is 7. The van der Waals surface area contributed by atoms with E-state index in [0.717, 1.165) is 19.4 Å². The molecular formula is C10H21NO4S. The van der Waals surface area contributed by atoms with Crippen molar-refractivity contribution in [2.24, 2.45) is 0 Å². The van der Waals surface area contributed by atoms with E-state index in [1.807, 2.05) is 0 Å². The summed E-state index contributed by atoms with van der Waals surface area (Å²) in [6, 6.07) is 0. The van der Waals surface area contributed by atoms with E-state index in [0.29, 0.717) is 19.4 Å². The molecule has 0 aromatic rings. The van der Waals surface area contributed by atoms with Gasteiger partial charge in [-0.3, -0.25) is 0 Å². The summed E-state index contributed by atoms with van der Waals surface area (Å²) in [5.41, 5.74) is 0. The van der Waals surface area contributed by atoms with Crippen molar-refractivity contribution in [3.05, 3.63) is 0 Å². The maximum absolute atomic E-state index is 11.8. The van der Waals surface area contributed by atoms with Gasteiger partial charge in [-0.05, 0) is 25.7 Å². The van der Waals surface area contributed by atoms with E-state index in [2.05, 4.69) is 0 Å². The highest BCUT2D eigenvalue weighted by atomic mass is 32.2. The molecule has 0 aromatic carbocycles. The third-order valence-corrected chi connectivity index (χ3v) is 4.67. The van der Waals surface area contributed by atoms with Crippen LogP contribution in [0.3, 0.4) is 0 Å². The van der Waals surface area contributed by atoms with Crippen LogP contribution in [-0.2, 0) is 14.8 Å². The van der Waals surface area contributed by atoms with Crippen LogP contribution in [0.25, 0.3) is 0 Å². The molecule has 1 saturated heterocycles. The zero-order valence-electron chi connectivity index (χ0n) is 9.76. The molecule has 0 spiro atoms. The van der Waals surface area contributed by atoms with Crippen LogP contribution in [0, 0.1) is 0 Å². The van der Waals surface area contributed by atoms with Crippen molar-refractivity contribution in [1.29, 1.82) is 0 Å². The summed E-state index contributed by atoms with van der Waals surface area (Å²) in [5, 5.41) is 8.60. The standard InChI is InChI=1S/C10H21NO4S/c1-11(9-10-5-4-7-15-10)16(13,14)8-3-2-6-12/h10,12H,2-9H2,1H3. The summed E-state index contributed by atoms with van der Waals surface area (Å²) >= 11 is 0. The molecule has 1 rings (SSSR count). The fourth-order valence-electron chi connectivity index (χ4n) is 1.74. The molecule has 96 valence electrons. The van der Waals surface area contributed by atoms with Crippen LogP contribution in [0.1, 0.15) is 25.7 Å². The van der Waals surface area contributed by atoms with Crippen molar-refractivity contribution >= 4 is 10.0 Å². The van der Waals surface area contributed by atoms with Gasteiger partial charge in [0.25, 0.3) is 0 Å². The third kappa shape index (κ3) is 4.37. The van der Waals surface area contributed by atoms with Crippen LogP contribution in [-0.4, -0.2) is 56.5 Å². The number of aliphatic hydroxyl groups is 1. The van der Waals surface area contributed by atoms with E-state index in [-0.39, 0.29) is 18.5 Å². The van der Waals surface area contributed by atoms with Gasteiger partial charge in [0, 0.05) is 26.8 Å². The fourth-order valence-corrected chi connectivity index (χ4v) is 3.01. The summed E-state index contributed by atoms with van der Waals surface area (Å²) in [6.07, 6.45) is 3.05. The van der Waals surface area contributed by atoms with Gasteiger partial charge in [-0.1, -0.05) is 0 Å².